The maximum Gasteiger partial charge on any atom is 0.224 e. The Morgan fingerprint density at radius 1 is 1.31 bits per heavy atom. The lowest BCUT2D eigenvalue weighted by atomic mass is 10.2. The Kier molecular flexibility index (Phi) is 3.41. The molecular weight excluding hydrogens is 242 g/mol. The van der Waals surface area contributed by atoms with E-state index in [9.17, 15) is 0 Å². The molecule has 0 fully saturated rings. The van der Waals surface area contributed by atoms with Crippen molar-refractivity contribution in [2.75, 3.05) is 5.32 Å². The summed E-state index contributed by atoms with van der Waals surface area (Å²) in [5.41, 5.74) is 3.45. The van der Waals surface area contributed by atoms with Crippen molar-refractivity contribution >= 4 is 28.8 Å². The molecule has 2 aromatic heterocycles. The van der Waals surface area contributed by atoms with E-state index in [0.29, 0.717) is 0 Å². The highest BCUT2D eigenvalue weighted by Gasteiger charge is 2.02. The summed E-state index contributed by atoms with van der Waals surface area (Å²) in [5.74, 6) is 0.767. The molecule has 0 aliphatic heterocycles. The van der Waals surface area contributed by atoms with Crippen LogP contribution in [0.25, 0.3) is 0 Å². The number of aryl methyl sites for hydroxylation is 2. The third-order valence-electron chi connectivity index (χ3n) is 2.25. The zero-order valence-corrected chi connectivity index (χ0v) is 10.7. The number of anilines is 1. The highest BCUT2D eigenvalue weighted by Crippen LogP contribution is 2.16. The van der Waals surface area contributed by atoms with Gasteiger partial charge in [-0.3, -0.25) is 0 Å². The van der Waals surface area contributed by atoms with Crippen LogP contribution in [0.2, 0.25) is 5.28 Å². The van der Waals surface area contributed by atoms with E-state index in [0.717, 1.165) is 18.1 Å². The lowest BCUT2D eigenvalue weighted by molar-refractivity contribution is 1.05. The molecular formula is C11H12ClN3S. The second-order valence-corrected chi connectivity index (χ2v) is 4.68. The highest BCUT2D eigenvalue weighted by atomic mass is 35.5. The zero-order valence-electron chi connectivity index (χ0n) is 9.12. The summed E-state index contributed by atoms with van der Waals surface area (Å²) in [5, 5.41) is 7.79. The van der Waals surface area contributed by atoms with Crippen LogP contribution in [0.3, 0.4) is 0 Å². The minimum absolute atomic E-state index is 0.282. The molecule has 0 amide bonds. The van der Waals surface area contributed by atoms with Crippen LogP contribution < -0.4 is 5.32 Å². The average Bonchev–Trinajstić information content (AvgIpc) is 2.59. The van der Waals surface area contributed by atoms with E-state index in [1.165, 1.54) is 11.1 Å². The second-order valence-electron chi connectivity index (χ2n) is 3.60. The van der Waals surface area contributed by atoms with Gasteiger partial charge in [-0.15, -0.1) is 0 Å². The van der Waals surface area contributed by atoms with Gasteiger partial charge >= 0.3 is 0 Å². The normalized spacial score (nSPS) is 10.4. The summed E-state index contributed by atoms with van der Waals surface area (Å²) in [7, 11) is 0. The van der Waals surface area contributed by atoms with E-state index in [4.69, 9.17) is 11.6 Å². The number of hydrogen-bond acceptors (Lipinski definition) is 4. The van der Waals surface area contributed by atoms with Gasteiger partial charge in [-0.05, 0) is 47.3 Å². The summed E-state index contributed by atoms with van der Waals surface area (Å²) >= 11 is 7.49. The topological polar surface area (TPSA) is 37.8 Å². The van der Waals surface area contributed by atoms with Gasteiger partial charge in [0.15, 0.2) is 0 Å². The molecule has 0 aliphatic carbocycles. The Morgan fingerprint density at radius 3 is 2.75 bits per heavy atom. The van der Waals surface area contributed by atoms with Crippen molar-refractivity contribution in [3.8, 4) is 0 Å². The maximum absolute atomic E-state index is 5.78. The minimum atomic E-state index is 0.282. The van der Waals surface area contributed by atoms with E-state index in [1.54, 1.807) is 11.3 Å². The fourth-order valence-electron chi connectivity index (χ4n) is 1.38. The van der Waals surface area contributed by atoms with Gasteiger partial charge < -0.3 is 5.32 Å². The van der Waals surface area contributed by atoms with Crippen molar-refractivity contribution in [3.63, 3.8) is 0 Å². The quantitative estimate of drug-likeness (QED) is 0.852. The molecule has 0 radical (unpaired) electrons. The van der Waals surface area contributed by atoms with Crippen LogP contribution in [0.15, 0.2) is 16.8 Å². The lowest BCUT2D eigenvalue weighted by Gasteiger charge is -2.06. The van der Waals surface area contributed by atoms with Gasteiger partial charge in [0, 0.05) is 18.3 Å². The van der Waals surface area contributed by atoms with Gasteiger partial charge in [0.05, 0.1) is 0 Å². The van der Waals surface area contributed by atoms with Crippen LogP contribution >= 0.6 is 22.9 Å². The first-order valence-corrected chi connectivity index (χ1v) is 6.24. The lowest BCUT2D eigenvalue weighted by Crippen LogP contribution is -2.02. The molecule has 1 N–H and O–H groups in total. The number of hydrogen-bond donors (Lipinski definition) is 1. The van der Waals surface area contributed by atoms with Crippen molar-refractivity contribution in [2.24, 2.45) is 0 Å². The molecule has 2 heterocycles. The minimum Gasteiger partial charge on any atom is -0.366 e. The third kappa shape index (κ3) is 2.71. The Bertz CT molecular complexity index is 475. The Morgan fingerprint density at radius 2 is 2.12 bits per heavy atom. The molecule has 0 saturated heterocycles. The van der Waals surface area contributed by atoms with Crippen molar-refractivity contribution in [3.05, 3.63) is 38.9 Å². The fraction of sp³-hybridized carbons (Fsp3) is 0.273. The van der Waals surface area contributed by atoms with E-state index in [2.05, 4.69) is 33.0 Å². The molecule has 0 spiro atoms. The summed E-state index contributed by atoms with van der Waals surface area (Å²) in [6, 6.07) is 1.88. The van der Waals surface area contributed by atoms with Crippen LogP contribution in [-0.4, -0.2) is 9.97 Å². The molecule has 5 heteroatoms. The molecule has 0 atom stereocenters. The number of nitrogens with zero attached hydrogens (tertiary/aromatic N) is 2. The number of halogens is 1. The number of nitrogens with one attached hydrogen (secondary N) is 1. The van der Waals surface area contributed by atoms with Crippen LogP contribution in [-0.2, 0) is 6.54 Å². The molecule has 16 heavy (non-hydrogen) atoms. The summed E-state index contributed by atoms with van der Waals surface area (Å²) in [6.45, 7) is 4.77. The molecule has 0 unspecified atom stereocenters. The van der Waals surface area contributed by atoms with E-state index >= 15 is 0 Å². The Labute approximate surface area is 104 Å². The van der Waals surface area contributed by atoms with Crippen LogP contribution in [0.1, 0.15) is 16.8 Å². The maximum atomic E-state index is 5.78. The van der Waals surface area contributed by atoms with Crippen LogP contribution in [0, 0.1) is 13.8 Å². The van der Waals surface area contributed by atoms with Gasteiger partial charge in [0.1, 0.15) is 5.82 Å². The first-order chi connectivity index (χ1) is 7.65. The first-order valence-electron chi connectivity index (χ1n) is 4.92. The molecule has 0 aromatic carbocycles. The van der Waals surface area contributed by atoms with Crippen molar-refractivity contribution < 1.29 is 0 Å². The molecule has 2 aromatic rings. The van der Waals surface area contributed by atoms with Crippen molar-refractivity contribution in [2.45, 2.75) is 20.4 Å². The van der Waals surface area contributed by atoms with E-state index in [1.807, 2.05) is 13.0 Å². The second kappa shape index (κ2) is 4.80. The predicted octanol–water partition coefficient (Wildman–Crippen LogP) is 3.42. The molecule has 84 valence electrons. The number of thiophene rings is 1. The van der Waals surface area contributed by atoms with Gasteiger partial charge in [0.2, 0.25) is 5.28 Å². The summed E-state index contributed by atoms with van der Waals surface area (Å²) in [6.07, 6.45) is 0. The third-order valence-corrected chi connectivity index (χ3v) is 3.33. The van der Waals surface area contributed by atoms with Gasteiger partial charge in [-0.25, -0.2) is 9.97 Å². The van der Waals surface area contributed by atoms with E-state index in [-0.39, 0.29) is 5.28 Å². The SMILES string of the molecule is Cc1cc(NCc2cscc2C)nc(Cl)n1. The zero-order chi connectivity index (χ0) is 11.5. The molecule has 2 rings (SSSR count). The smallest absolute Gasteiger partial charge is 0.224 e. The van der Waals surface area contributed by atoms with Crippen LogP contribution in [0.5, 0.6) is 0 Å². The van der Waals surface area contributed by atoms with Gasteiger partial charge in [0.25, 0.3) is 0 Å². The summed E-state index contributed by atoms with van der Waals surface area (Å²) in [4.78, 5) is 8.12. The summed E-state index contributed by atoms with van der Waals surface area (Å²) < 4.78 is 0. The van der Waals surface area contributed by atoms with Crippen molar-refractivity contribution in [1.82, 2.24) is 9.97 Å². The molecule has 0 bridgehead atoms. The monoisotopic (exact) mass is 253 g/mol. The van der Waals surface area contributed by atoms with E-state index < -0.39 is 0 Å². The molecule has 3 nitrogen and oxygen atoms in total. The predicted molar refractivity (Wildman–Crippen MR) is 68.2 cm³/mol. The molecule has 0 aliphatic rings. The van der Waals surface area contributed by atoms with Gasteiger partial charge in [-0.1, -0.05) is 0 Å². The van der Waals surface area contributed by atoms with Gasteiger partial charge in [-0.2, -0.15) is 11.3 Å². The number of aromatic nitrogens is 2. The Balaban J connectivity index is 2.07. The average molecular weight is 254 g/mol. The Hall–Kier alpha value is -1.13. The standard InChI is InChI=1S/C11H12ClN3S/c1-7-5-16-6-9(7)4-13-10-3-8(2)14-11(12)15-10/h3,5-6H,4H2,1-2H3,(H,13,14,15). The van der Waals surface area contributed by atoms with Crippen LogP contribution in [0.4, 0.5) is 5.82 Å². The number of rotatable bonds is 3. The fourth-order valence-corrected chi connectivity index (χ4v) is 2.46. The largest absolute Gasteiger partial charge is 0.366 e. The first kappa shape index (κ1) is 11.4. The molecule has 0 saturated carbocycles. The highest BCUT2D eigenvalue weighted by molar-refractivity contribution is 7.08. The van der Waals surface area contributed by atoms with Crippen molar-refractivity contribution in [1.29, 1.82) is 0 Å².